The van der Waals surface area contributed by atoms with E-state index >= 15 is 0 Å². The molecule has 3 aromatic rings. The first-order chi connectivity index (χ1) is 15.2. The summed E-state index contributed by atoms with van der Waals surface area (Å²) in [5.74, 6) is 0.839. The molecule has 3 heterocycles. The van der Waals surface area contributed by atoms with Crippen molar-refractivity contribution in [2.45, 2.75) is 24.9 Å². The number of thiophene rings is 1. The topological polar surface area (TPSA) is 77.3 Å². The van der Waals surface area contributed by atoms with Crippen molar-refractivity contribution in [1.29, 1.82) is 0 Å². The van der Waals surface area contributed by atoms with Gasteiger partial charge in [0.1, 0.15) is 0 Å². The minimum atomic E-state index is -0.152. The molecule has 0 atom stereocenters. The fourth-order valence-corrected chi connectivity index (χ4v) is 5.13. The number of nitrogens with zero attached hydrogens (tertiary/aromatic N) is 4. The molecule has 31 heavy (non-hydrogen) atoms. The molecule has 4 rings (SSSR count). The number of hydrogen-bond acceptors (Lipinski definition) is 7. The minimum absolute atomic E-state index is 0.0487. The summed E-state index contributed by atoms with van der Waals surface area (Å²) in [7, 11) is 0. The highest BCUT2D eigenvalue weighted by atomic mass is 32.2. The number of benzene rings is 1. The van der Waals surface area contributed by atoms with Gasteiger partial charge in [-0.05, 0) is 43.3 Å². The van der Waals surface area contributed by atoms with Crippen LogP contribution in [0, 0.1) is 5.92 Å². The molecule has 0 spiro atoms. The number of carbonyl (C=O) groups is 2. The van der Waals surface area contributed by atoms with Gasteiger partial charge in [-0.3, -0.25) is 14.2 Å². The first-order valence-electron chi connectivity index (χ1n) is 10.3. The van der Waals surface area contributed by atoms with Gasteiger partial charge in [-0.2, -0.15) is 0 Å². The molecule has 1 aromatic carbocycles. The van der Waals surface area contributed by atoms with E-state index in [9.17, 15) is 9.59 Å². The fourth-order valence-electron chi connectivity index (χ4n) is 3.58. The summed E-state index contributed by atoms with van der Waals surface area (Å²) in [6, 6.07) is 13.9. The predicted octanol–water partition coefficient (Wildman–Crippen LogP) is 3.89. The molecule has 0 aliphatic carbocycles. The van der Waals surface area contributed by atoms with Crippen LogP contribution in [-0.4, -0.2) is 57.0 Å². The van der Waals surface area contributed by atoms with E-state index in [0.717, 1.165) is 16.4 Å². The van der Waals surface area contributed by atoms with E-state index in [0.29, 0.717) is 37.7 Å². The average molecular weight is 457 g/mol. The third-order valence-corrected chi connectivity index (χ3v) is 6.96. The van der Waals surface area contributed by atoms with Crippen molar-refractivity contribution in [1.82, 2.24) is 19.7 Å². The summed E-state index contributed by atoms with van der Waals surface area (Å²) < 4.78 is 7.10. The van der Waals surface area contributed by atoms with Crippen LogP contribution in [0.25, 0.3) is 16.4 Å². The SMILES string of the molecule is CCOC(=O)C1CCN(C(=O)CSc2nnc(-c3cccs3)n2-c2ccccc2)CC1. The van der Waals surface area contributed by atoms with Crippen LogP contribution < -0.4 is 0 Å². The maximum absolute atomic E-state index is 12.8. The molecule has 1 saturated heterocycles. The predicted molar refractivity (Wildman–Crippen MR) is 121 cm³/mol. The van der Waals surface area contributed by atoms with Gasteiger partial charge in [-0.15, -0.1) is 21.5 Å². The van der Waals surface area contributed by atoms with Crippen LogP contribution in [0.4, 0.5) is 0 Å². The largest absolute Gasteiger partial charge is 0.466 e. The summed E-state index contributed by atoms with van der Waals surface area (Å²) >= 11 is 2.99. The maximum Gasteiger partial charge on any atom is 0.309 e. The minimum Gasteiger partial charge on any atom is -0.466 e. The number of esters is 1. The van der Waals surface area contributed by atoms with Gasteiger partial charge in [0.2, 0.25) is 5.91 Å². The second-order valence-corrected chi connectivity index (χ2v) is 9.04. The van der Waals surface area contributed by atoms with Crippen molar-refractivity contribution in [2.24, 2.45) is 5.92 Å². The van der Waals surface area contributed by atoms with E-state index < -0.39 is 0 Å². The summed E-state index contributed by atoms with van der Waals surface area (Å²) in [6.45, 7) is 3.36. The molecule has 1 aliphatic rings. The lowest BCUT2D eigenvalue weighted by Crippen LogP contribution is -2.41. The van der Waals surface area contributed by atoms with Gasteiger partial charge < -0.3 is 9.64 Å². The zero-order valence-electron chi connectivity index (χ0n) is 17.3. The van der Waals surface area contributed by atoms with Gasteiger partial charge in [-0.1, -0.05) is 36.0 Å². The highest BCUT2D eigenvalue weighted by molar-refractivity contribution is 7.99. The molecule has 1 aliphatic heterocycles. The van der Waals surface area contributed by atoms with Crippen molar-refractivity contribution in [3.63, 3.8) is 0 Å². The fraction of sp³-hybridized carbons (Fsp3) is 0.364. The molecule has 7 nitrogen and oxygen atoms in total. The molecule has 2 aromatic heterocycles. The smallest absolute Gasteiger partial charge is 0.309 e. The number of thioether (sulfide) groups is 1. The second kappa shape index (κ2) is 10.1. The average Bonchev–Trinajstić information content (AvgIpc) is 3.48. The van der Waals surface area contributed by atoms with Gasteiger partial charge in [0.05, 0.1) is 23.2 Å². The molecule has 1 amide bonds. The zero-order valence-corrected chi connectivity index (χ0v) is 18.9. The number of piperidine rings is 1. The Morgan fingerprint density at radius 2 is 1.90 bits per heavy atom. The van der Waals surface area contributed by atoms with Crippen molar-refractivity contribution in [3.8, 4) is 16.4 Å². The number of para-hydroxylation sites is 1. The highest BCUT2D eigenvalue weighted by Crippen LogP contribution is 2.30. The van der Waals surface area contributed by atoms with E-state index in [1.807, 2.05) is 64.2 Å². The Balaban J connectivity index is 1.43. The van der Waals surface area contributed by atoms with Gasteiger partial charge >= 0.3 is 5.97 Å². The normalized spacial score (nSPS) is 14.5. The number of carbonyl (C=O) groups excluding carboxylic acids is 2. The first-order valence-corrected chi connectivity index (χ1v) is 12.2. The number of rotatable bonds is 7. The molecule has 0 N–H and O–H groups in total. The number of likely N-dealkylation sites (tertiary alicyclic amines) is 1. The van der Waals surface area contributed by atoms with Crippen molar-refractivity contribution >= 4 is 35.0 Å². The summed E-state index contributed by atoms with van der Waals surface area (Å²) in [5, 5.41) is 11.5. The van der Waals surface area contributed by atoms with Crippen molar-refractivity contribution in [3.05, 3.63) is 47.8 Å². The Bertz CT molecular complexity index is 1010. The molecule has 162 valence electrons. The molecule has 1 fully saturated rings. The molecular weight excluding hydrogens is 432 g/mol. The van der Waals surface area contributed by atoms with E-state index in [2.05, 4.69) is 10.2 Å². The standard InChI is InChI=1S/C22H24N4O3S2/c1-2-29-21(28)16-10-12-25(13-11-16)19(27)15-31-22-24-23-20(18-9-6-14-30-18)26(22)17-7-4-3-5-8-17/h3-9,14,16H,2,10-13,15H2,1H3. The Labute approximate surface area is 189 Å². The zero-order chi connectivity index (χ0) is 21.6. The third kappa shape index (κ3) is 4.99. The maximum atomic E-state index is 12.8. The molecule has 0 saturated carbocycles. The molecule has 0 bridgehead atoms. The Morgan fingerprint density at radius 1 is 1.13 bits per heavy atom. The van der Waals surface area contributed by atoms with Crippen LogP contribution in [0.1, 0.15) is 19.8 Å². The summed E-state index contributed by atoms with van der Waals surface area (Å²) in [4.78, 5) is 27.6. The monoisotopic (exact) mass is 456 g/mol. The van der Waals surface area contributed by atoms with Crippen molar-refractivity contribution in [2.75, 3.05) is 25.4 Å². The summed E-state index contributed by atoms with van der Waals surface area (Å²) in [5.41, 5.74) is 0.959. The van der Waals surface area contributed by atoms with Gasteiger partial charge in [0.15, 0.2) is 11.0 Å². The third-order valence-electron chi connectivity index (χ3n) is 5.18. The number of hydrogen-bond donors (Lipinski definition) is 0. The second-order valence-electron chi connectivity index (χ2n) is 7.15. The van der Waals surface area contributed by atoms with Crippen LogP contribution >= 0.6 is 23.1 Å². The van der Waals surface area contributed by atoms with E-state index in [4.69, 9.17) is 4.74 Å². The highest BCUT2D eigenvalue weighted by Gasteiger charge is 2.28. The van der Waals surface area contributed by atoms with E-state index in [1.165, 1.54) is 11.8 Å². The quantitative estimate of drug-likeness (QED) is 0.397. The molecule has 9 heteroatoms. The van der Waals surface area contributed by atoms with Crippen LogP contribution in [0.3, 0.4) is 0 Å². The number of ether oxygens (including phenoxy) is 1. The van der Waals surface area contributed by atoms with Crippen LogP contribution in [-0.2, 0) is 14.3 Å². The van der Waals surface area contributed by atoms with Crippen LogP contribution in [0.5, 0.6) is 0 Å². The molecule has 0 unspecified atom stereocenters. The van der Waals surface area contributed by atoms with E-state index in [1.54, 1.807) is 11.3 Å². The van der Waals surface area contributed by atoms with Crippen LogP contribution in [0.2, 0.25) is 0 Å². The van der Waals surface area contributed by atoms with Gasteiger partial charge in [0.25, 0.3) is 0 Å². The molecule has 0 radical (unpaired) electrons. The van der Waals surface area contributed by atoms with E-state index in [-0.39, 0.29) is 23.5 Å². The Morgan fingerprint density at radius 3 is 2.58 bits per heavy atom. The lowest BCUT2D eigenvalue weighted by Gasteiger charge is -2.30. The van der Waals surface area contributed by atoms with Crippen molar-refractivity contribution < 1.29 is 14.3 Å². The van der Waals surface area contributed by atoms with Crippen LogP contribution in [0.15, 0.2) is 53.0 Å². The lowest BCUT2D eigenvalue weighted by molar-refractivity contribution is -0.151. The number of amides is 1. The van der Waals surface area contributed by atoms with Gasteiger partial charge in [0, 0.05) is 18.8 Å². The lowest BCUT2D eigenvalue weighted by atomic mass is 9.97. The van der Waals surface area contributed by atoms with Gasteiger partial charge in [-0.25, -0.2) is 0 Å². The summed E-state index contributed by atoms with van der Waals surface area (Å²) in [6.07, 6.45) is 1.30. The number of aromatic nitrogens is 3. The first kappa shape index (κ1) is 21.6. The Kier molecular flexibility index (Phi) is 7.03. The Hall–Kier alpha value is -2.65. The molecular formula is C22H24N4O3S2.